The fourth-order valence-electron chi connectivity index (χ4n) is 6.81. The van der Waals surface area contributed by atoms with Crippen LogP contribution >= 0.6 is 0 Å². The van der Waals surface area contributed by atoms with E-state index in [1.165, 1.54) is 70.6 Å². The molecular weight excluding hydrogens is 841 g/mol. The van der Waals surface area contributed by atoms with Gasteiger partial charge in [-0.2, -0.15) is 0 Å². The number of esters is 3. The zero-order valence-corrected chi connectivity index (χ0v) is 43.6. The van der Waals surface area contributed by atoms with Gasteiger partial charge in [-0.05, 0) is 122 Å². The number of carbonyl (C=O) groups excluding carboxylic acids is 3. The maximum atomic E-state index is 12.8. The quantitative estimate of drug-likeness (QED) is 0.0262. The van der Waals surface area contributed by atoms with E-state index in [1.54, 1.807) is 0 Å². The number of hydrogen-bond acceptors (Lipinski definition) is 6. The van der Waals surface area contributed by atoms with Gasteiger partial charge in [0.1, 0.15) is 13.2 Å². The third-order valence-corrected chi connectivity index (χ3v) is 10.9. The molecule has 6 heteroatoms. The lowest BCUT2D eigenvalue weighted by Crippen LogP contribution is -2.30. The summed E-state index contributed by atoms with van der Waals surface area (Å²) in [6, 6.07) is 0. The molecule has 0 N–H and O–H groups in total. The number of carbonyl (C=O) groups is 3. The first-order chi connectivity index (χ1) is 33.5. The minimum absolute atomic E-state index is 0.132. The lowest BCUT2D eigenvalue weighted by atomic mass is 10.1. The highest BCUT2D eigenvalue weighted by molar-refractivity contribution is 5.71. The molecule has 0 aromatic carbocycles. The molecule has 0 bridgehead atoms. The first-order valence-corrected chi connectivity index (χ1v) is 27.2. The summed E-state index contributed by atoms with van der Waals surface area (Å²) >= 11 is 0. The molecule has 68 heavy (non-hydrogen) atoms. The topological polar surface area (TPSA) is 78.9 Å². The standard InChI is InChI=1S/C62H98O6/c1-4-7-10-13-16-19-22-25-28-30-31-33-34-37-40-43-46-49-52-55-61(64)67-58-59(57-66-60(63)54-51-48-45-42-39-36-27-24-21-18-15-12-9-6-3)68-62(65)56-53-50-47-44-41-38-35-32-29-26-23-20-17-14-11-8-5-2/h7,10,16-17,19-20,24-29,31,33,35,37-38,40,44,46-47,49,59H,4-6,8-9,11-15,18,21-23,30,32,34,36,39,41-43,45,48,50-58H2,1-3H3/b10-7-,19-16-,20-17-,27-24-,28-25-,29-26-,33-31-,38-35-,40-37-,47-44-,49-46-/t59-/m1/s1. The summed E-state index contributed by atoms with van der Waals surface area (Å²) in [7, 11) is 0. The molecule has 0 unspecified atom stereocenters. The third kappa shape index (κ3) is 52.5. The van der Waals surface area contributed by atoms with Gasteiger partial charge in [-0.15, -0.1) is 0 Å². The van der Waals surface area contributed by atoms with Gasteiger partial charge in [-0.25, -0.2) is 0 Å². The molecule has 0 aliphatic carbocycles. The Bertz CT molecular complexity index is 1500. The Balaban J connectivity index is 4.63. The van der Waals surface area contributed by atoms with Crippen molar-refractivity contribution >= 4 is 17.9 Å². The maximum Gasteiger partial charge on any atom is 0.306 e. The Morgan fingerprint density at radius 2 is 0.618 bits per heavy atom. The summed E-state index contributed by atoms with van der Waals surface area (Å²) in [4.78, 5) is 38.0. The molecule has 0 saturated heterocycles. The minimum atomic E-state index is -0.845. The number of ether oxygens (including phenoxy) is 3. The van der Waals surface area contributed by atoms with Crippen LogP contribution in [0.2, 0.25) is 0 Å². The van der Waals surface area contributed by atoms with Gasteiger partial charge in [-0.1, -0.05) is 212 Å². The van der Waals surface area contributed by atoms with Crippen LogP contribution in [0.4, 0.5) is 0 Å². The van der Waals surface area contributed by atoms with Crippen molar-refractivity contribution in [2.75, 3.05) is 13.2 Å². The van der Waals surface area contributed by atoms with E-state index in [1.807, 2.05) is 12.2 Å². The normalized spacial score (nSPS) is 13.2. The molecule has 0 amide bonds. The molecule has 0 aromatic heterocycles. The van der Waals surface area contributed by atoms with Gasteiger partial charge in [0.25, 0.3) is 0 Å². The molecule has 1 atom stereocenters. The summed E-state index contributed by atoms with van der Waals surface area (Å²) in [5.41, 5.74) is 0. The van der Waals surface area contributed by atoms with Gasteiger partial charge < -0.3 is 14.2 Å². The van der Waals surface area contributed by atoms with Crippen LogP contribution in [0.15, 0.2) is 134 Å². The highest BCUT2D eigenvalue weighted by atomic mass is 16.6. The Labute approximate surface area is 417 Å². The van der Waals surface area contributed by atoms with Gasteiger partial charge in [-0.3, -0.25) is 14.4 Å². The van der Waals surface area contributed by atoms with Gasteiger partial charge in [0.05, 0.1) is 0 Å². The number of unbranched alkanes of at least 4 members (excludes halogenated alkanes) is 14. The average molecular weight is 939 g/mol. The fraction of sp³-hybridized carbons (Fsp3) is 0.597. The van der Waals surface area contributed by atoms with Crippen molar-refractivity contribution < 1.29 is 28.6 Å². The zero-order chi connectivity index (χ0) is 49.3. The van der Waals surface area contributed by atoms with Gasteiger partial charge in [0.2, 0.25) is 0 Å². The highest BCUT2D eigenvalue weighted by Gasteiger charge is 2.19. The van der Waals surface area contributed by atoms with E-state index in [9.17, 15) is 14.4 Å². The van der Waals surface area contributed by atoms with Crippen molar-refractivity contribution in [3.05, 3.63) is 134 Å². The number of allylic oxidation sites excluding steroid dienone is 22. The molecule has 0 aliphatic heterocycles. The summed E-state index contributed by atoms with van der Waals surface area (Å²) in [6.45, 7) is 6.35. The maximum absolute atomic E-state index is 12.8. The minimum Gasteiger partial charge on any atom is -0.462 e. The molecule has 0 aromatic rings. The van der Waals surface area contributed by atoms with Crippen LogP contribution in [0.1, 0.15) is 220 Å². The molecule has 0 heterocycles. The van der Waals surface area contributed by atoms with E-state index >= 15 is 0 Å². The van der Waals surface area contributed by atoms with Crippen molar-refractivity contribution in [3.63, 3.8) is 0 Å². The van der Waals surface area contributed by atoms with Crippen LogP contribution in [0.5, 0.6) is 0 Å². The molecule has 0 aliphatic rings. The van der Waals surface area contributed by atoms with Crippen molar-refractivity contribution in [1.29, 1.82) is 0 Å². The average Bonchev–Trinajstić information content (AvgIpc) is 3.34. The van der Waals surface area contributed by atoms with Crippen molar-refractivity contribution in [1.82, 2.24) is 0 Å². The molecule has 382 valence electrons. The summed E-state index contributed by atoms with van der Waals surface area (Å²) in [5.74, 6) is -1.09. The van der Waals surface area contributed by atoms with Crippen LogP contribution in [0, 0.1) is 0 Å². The molecule has 0 rings (SSSR count). The lowest BCUT2D eigenvalue weighted by Gasteiger charge is -2.18. The van der Waals surface area contributed by atoms with E-state index in [-0.39, 0.29) is 38.0 Å². The number of rotatable bonds is 47. The molecular formula is C62H98O6. The molecule has 0 fully saturated rings. The summed E-state index contributed by atoms with van der Waals surface area (Å²) in [6.07, 6.45) is 77.4. The Morgan fingerprint density at radius 3 is 1.07 bits per heavy atom. The van der Waals surface area contributed by atoms with E-state index in [4.69, 9.17) is 14.2 Å². The first kappa shape index (κ1) is 63.5. The van der Waals surface area contributed by atoms with E-state index in [2.05, 4.69) is 142 Å². The van der Waals surface area contributed by atoms with Gasteiger partial charge in [0, 0.05) is 19.3 Å². The van der Waals surface area contributed by atoms with E-state index < -0.39 is 12.1 Å². The smallest absolute Gasteiger partial charge is 0.306 e. The van der Waals surface area contributed by atoms with Crippen LogP contribution in [0.25, 0.3) is 0 Å². The van der Waals surface area contributed by atoms with Gasteiger partial charge >= 0.3 is 17.9 Å². The predicted molar refractivity (Wildman–Crippen MR) is 292 cm³/mol. The Kier molecular flexibility index (Phi) is 51.5. The van der Waals surface area contributed by atoms with E-state index in [0.29, 0.717) is 19.3 Å². The Hall–Kier alpha value is -4.45. The molecule has 0 radical (unpaired) electrons. The second-order valence-corrected chi connectivity index (χ2v) is 17.4. The van der Waals surface area contributed by atoms with Gasteiger partial charge in [0.15, 0.2) is 6.10 Å². The fourth-order valence-corrected chi connectivity index (χ4v) is 6.81. The molecule has 0 saturated carbocycles. The summed E-state index contributed by atoms with van der Waals surface area (Å²) < 4.78 is 16.7. The predicted octanol–water partition coefficient (Wildman–Crippen LogP) is 18.3. The van der Waals surface area contributed by atoms with Crippen molar-refractivity contribution in [2.45, 2.75) is 226 Å². The van der Waals surface area contributed by atoms with Crippen LogP contribution < -0.4 is 0 Å². The van der Waals surface area contributed by atoms with E-state index in [0.717, 1.165) is 96.3 Å². The second-order valence-electron chi connectivity index (χ2n) is 17.4. The molecule has 0 spiro atoms. The second kappa shape index (κ2) is 55.1. The SMILES string of the molecule is CC/C=C\C/C=C\C/C=C\C/C=C\C/C=C\C/C=C\CCC(=O)OC[C@@H](COC(=O)CCCCCCC/C=C\CCCCCCC)OC(=O)CCC/C=C\C/C=C\C/C=C\C/C=C\CCCCC. The third-order valence-electron chi connectivity index (χ3n) is 10.9. The highest BCUT2D eigenvalue weighted by Crippen LogP contribution is 2.12. The number of hydrogen-bond donors (Lipinski definition) is 0. The van der Waals surface area contributed by atoms with Crippen molar-refractivity contribution in [2.24, 2.45) is 0 Å². The Morgan fingerprint density at radius 1 is 0.309 bits per heavy atom. The molecule has 6 nitrogen and oxygen atoms in total. The first-order valence-electron chi connectivity index (χ1n) is 27.2. The van der Waals surface area contributed by atoms with Crippen LogP contribution in [-0.4, -0.2) is 37.2 Å². The largest absolute Gasteiger partial charge is 0.462 e. The van der Waals surface area contributed by atoms with Crippen molar-refractivity contribution in [3.8, 4) is 0 Å². The zero-order valence-electron chi connectivity index (χ0n) is 43.6. The lowest BCUT2D eigenvalue weighted by molar-refractivity contribution is -0.166. The monoisotopic (exact) mass is 939 g/mol. The summed E-state index contributed by atoms with van der Waals surface area (Å²) in [5, 5.41) is 0. The van der Waals surface area contributed by atoms with Crippen LogP contribution in [-0.2, 0) is 28.6 Å². The van der Waals surface area contributed by atoms with Crippen LogP contribution in [0.3, 0.4) is 0 Å².